The molecule has 0 aliphatic carbocycles. The summed E-state index contributed by atoms with van der Waals surface area (Å²) in [5, 5.41) is 0. The quantitative estimate of drug-likeness (QED) is 0.689. The van der Waals surface area contributed by atoms with Gasteiger partial charge in [0, 0.05) is 6.04 Å². The van der Waals surface area contributed by atoms with Crippen molar-refractivity contribution in [3.05, 3.63) is 35.4 Å². The lowest BCUT2D eigenvalue weighted by Crippen LogP contribution is -2.47. The number of nitrogens with zero attached hydrogens (tertiary/aromatic N) is 3. The molecule has 0 spiro atoms. The molecule has 5 nitrogen and oxygen atoms in total. The Morgan fingerprint density at radius 3 is 1.93 bits per heavy atom. The molecule has 2 saturated heterocycles. The van der Waals surface area contributed by atoms with Gasteiger partial charge in [0.05, 0.1) is 11.1 Å². The van der Waals surface area contributed by atoms with Crippen LogP contribution in [-0.2, 0) is 0 Å². The Morgan fingerprint density at radius 1 is 0.862 bits per heavy atom. The number of fused-ring (bicyclic) bond motifs is 1. The van der Waals surface area contributed by atoms with Crippen LogP contribution in [0.1, 0.15) is 65.7 Å². The van der Waals surface area contributed by atoms with Crippen LogP contribution in [0.2, 0.25) is 0 Å². The number of imide groups is 1. The Labute approximate surface area is 175 Å². The number of hydrogen-bond donors (Lipinski definition) is 0. The van der Waals surface area contributed by atoms with E-state index in [4.69, 9.17) is 0 Å². The van der Waals surface area contributed by atoms with E-state index < -0.39 is 0 Å². The molecule has 2 fully saturated rings. The van der Waals surface area contributed by atoms with Gasteiger partial charge in [0.25, 0.3) is 11.8 Å². The number of piperidine rings is 2. The molecule has 1 atom stereocenters. The Morgan fingerprint density at radius 2 is 1.38 bits per heavy atom. The van der Waals surface area contributed by atoms with Crippen LogP contribution in [0.15, 0.2) is 24.3 Å². The van der Waals surface area contributed by atoms with Crippen LogP contribution in [0.3, 0.4) is 0 Å². The first-order chi connectivity index (χ1) is 14.0. The number of carbonyl (C=O) groups is 2. The summed E-state index contributed by atoms with van der Waals surface area (Å²) in [5.41, 5.74) is 1.18. The van der Waals surface area contributed by atoms with Crippen molar-refractivity contribution in [2.24, 2.45) is 11.8 Å². The molecule has 2 amide bonds. The molecule has 0 aromatic heterocycles. The van der Waals surface area contributed by atoms with Crippen molar-refractivity contribution in [3.63, 3.8) is 0 Å². The van der Waals surface area contributed by atoms with E-state index >= 15 is 0 Å². The molecule has 0 saturated carbocycles. The first kappa shape index (κ1) is 20.5. The molecular formula is C24H35N3O2. The molecular weight excluding hydrogens is 362 g/mol. The van der Waals surface area contributed by atoms with Gasteiger partial charge in [-0.05, 0) is 96.3 Å². The standard InChI is InChI=1S/C24H35N3O2/c1-25-14-10-18(11-15-25)6-5-9-22(19-12-16-26(2)17-13-19)27-23(28)20-7-3-4-8-21(20)24(27)29/h3-4,7-8,18-19,22H,5-6,9-17H2,1-2H3. The first-order valence-corrected chi connectivity index (χ1v) is 11.4. The number of rotatable bonds is 6. The SMILES string of the molecule is CN1CCC(CCCC(C2CCN(C)CC2)N2C(=O)c3ccccc3C2=O)CC1. The zero-order chi connectivity index (χ0) is 20.4. The van der Waals surface area contributed by atoms with Gasteiger partial charge in [-0.25, -0.2) is 0 Å². The number of likely N-dealkylation sites (tertiary alicyclic amines) is 2. The van der Waals surface area contributed by atoms with Gasteiger partial charge in [-0.2, -0.15) is 0 Å². The van der Waals surface area contributed by atoms with Gasteiger partial charge in [-0.3, -0.25) is 14.5 Å². The third-order valence-corrected chi connectivity index (χ3v) is 7.41. The van der Waals surface area contributed by atoms with Crippen LogP contribution < -0.4 is 0 Å². The average molecular weight is 398 g/mol. The van der Waals surface area contributed by atoms with E-state index in [1.807, 2.05) is 12.1 Å². The minimum absolute atomic E-state index is 0.0439. The second-order valence-electron chi connectivity index (χ2n) is 9.41. The highest BCUT2D eigenvalue weighted by molar-refractivity contribution is 6.21. The van der Waals surface area contributed by atoms with Gasteiger partial charge in [-0.15, -0.1) is 0 Å². The summed E-state index contributed by atoms with van der Waals surface area (Å²) in [6, 6.07) is 7.37. The summed E-state index contributed by atoms with van der Waals surface area (Å²) in [5.74, 6) is 1.07. The van der Waals surface area contributed by atoms with Gasteiger partial charge >= 0.3 is 0 Å². The predicted molar refractivity (Wildman–Crippen MR) is 115 cm³/mol. The van der Waals surface area contributed by atoms with E-state index in [0.29, 0.717) is 17.0 Å². The zero-order valence-electron chi connectivity index (χ0n) is 18.0. The molecule has 3 heterocycles. The predicted octanol–water partition coefficient (Wildman–Crippen LogP) is 3.51. The fourth-order valence-corrected chi connectivity index (χ4v) is 5.46. The molecule has 3 aliphatic heterocycles. The molecule has 1 aromatic carbocycles. The fraction of sp³-hybridized carbons (Fsp3) is 0.667. The first-order valence-electron chi connectivity index (χ1n) is 11.4. The van der Waals surface area contributed by atoms with Crippen LogP contribution in [0, 0.1) is 11.8 Å². The van der Waals surface area contributed by atoms with Crippen LogP contribution in [0.4, 0.5) is 0 Å². The van der Waals surface area contributed by atoms with Gasteiger partial charge in [0.1, 0.15) is 0 Å². The van der Waals surface area contributed by atoms with E-state index in [0.717, 1.165) is 44.7 Å². The van der Waals surface area contributed by atoms with E-state index in [1.54, 1.807) is 17.0 Å². The molecule has 0 radical (unpaired) electrons. The highest BCUT2D eigenvalue weighted by Gasteiger charge is 2.42. The third kappa shape index (κ3) is 4.41. The maximum absolute atomic E-state index is 13.1. The van der Waals surface area contributed by atoms with Crippen LogP contribution in [-0.4, -0.2) is 72.8 Å². The third-order valence-electron chi connectivity index (χ3n) is 7.41. The number of benzene rings is 1. The second-order valence-corrected chi connectivity index (χ2v) is 9.41. The lowest BCUT2D eigenvalue weighted by molar-refractivity contribution is 0.0449. The maximum Gasteiger partial charge on any atom is 0.261 e. The van der Waals surface area contributed by atoms with Crippen molar-refractivity contribution < 1.29 is 9.59 Å². The number of carbonyl (C=O) groups excluding carboxylic acids is 2. The fourth-order valence-electron chi connectivity index (χ4n) is 5.46. The lowest BCUT2D eigenvalue weighted by atomic mass is 9.84. The minimum Gasteiger partial charge on any atom is -0.306 e. The largest absolute Gasteiger partial charge is 0.306 e. The van der Waals surface area contributed by atoms with Crippen molar-refractivity contribution in [1.82, 2.24) is 14.7 Å². The van der Waals surface area contributed by atoms with E-state index in [-0.39, 0.29) is 17.9 Å². The van der Waals surface area contributed by atoms with Crippen LogP contribution in [0.5, 0.6) is 0 Å². The van der Waals surface area contributed by atoms with Crippen molar-refractivity contribution in [1.29, 1.82) is 0 Å². The summed E-state index contributed by atoms with van der Waals surface area (Å²) in [7, 11) is 4.36. The van der Waals surface area contributed by atoms with Crippen molar-refractivity contribution in [2.45, 2.75) is 51.0 Å². The summed E-state index contributed by atoms with van der Waals surface area (Å²) in [4.78, 5) is 32.7. The molecule has 1 unspecified atom stereocenters. The second kappa shape index (κ2) is 8.97. The molecule has 3 aliphatic rings. The highest BCUT2D eigenvalue weighted by atomic mass is 16.2. The smallest absolute Gasteiger partial charge is 0.261 e. The summed E-state index contributed by atoms with van der Waals surface area (Å²) in [6.07, 6.45) is 7.99. The van der Waals surface area contributed by atoms with Crippen molar-refractivity contribution >= 4 is 11.8 Å². The Balaban J connectivity index is 1.46. The maximum atomic E-state index is 13.1. The Hall–Kier alpha value is -1.72. The van der Waals surface area contributed by atoms with E-state index in [2.05, 4.69) is 23.9 Å². The number of hydrogen-bond acceptors (Lipinski definition) is 4. The summed E-state index contributed by atoms with van der Waals surface area (Å²) < 4.78 is 0. The Kier molecular flexibility index (Phi) is 6.35. The van der Waals surface area contributed by atoms with E-state index in [9.17, 15) is 9.59 Å². The minimum atomic E-state index is -0.0752. The zero-order valence-corrected chi connectivity index (χ0v) is 18.0. The average Bonchev–Trinajstić information content (AvgIpc) is 2.99. The van der Waals surface area contributed by atoms with Gasteiger partial charge in [-0.1, -0.05) is 25.0 Å². The molecule has 158 valence electrons. The molecule has 5 heteroatoms. The van der Waals surface area contributed by atoms with E-state index in [1.165, 1.54) is 32.4 Å². The van der Waals surface area contributed by atoms with Gasteiger partial charge in [0.15, 0.2) is 0 Å². The van der Waals surface area contributed by atoms with Crippen LogP contribution in [0.25, 0.3) is 0 Å². The van der Waals surface area contributed by atoms with Crippen LogP contribution >= 0.6 is 0 Å². The molecule has 29 heavy (non-hydrogen) atoms. The normalized spacial score (nSPS) is 23.6. The molecule has 0 N–H and O–H groups in total. The van der Waals surface area contributed by atoms with Crippen molar-refractivity contribution in [2.75, 3.05) is 40.3 Å². The summed E-state index contributed by atoms with van der Waals surface area (Å²) in [6.45, 7) is 4.50. The highest BCUT2D eigenvalue weighted by Crippen LogP contribution is 2.34. The Bertz CT molecular complexity index is 698. The lowest BCUT2D eigenvalue weighted by Gasteiger charge is -2.38. The van der Waals surface area contributed by atoms with Gasteiger partial charge in [0.2, 0.25) is 0 Å². The molecule has 1 aromatic rings. The summed E-state index contributed by atoms with van der Waals surface area (Å²) >= 11 is 0. The molecule has 0 bridgehead atoms. The number of amides is 2. The monoisotopic (exact) mass is 397 g/mol. The topological polar surface area (TPSA) is 43.9 Å². The van der Waals surface area contributed by atoms with Crippen molar-refractivity contribution in [3.8, 4) is 0 Å². The van der Waals surface area contributed by atoms with Gasteiger partial charge < -0.3 is 9.80 Å². The molecule has 4 rings (SSSR count).